The molecule has 1 unspecified atom stereocenters. The molecule has 0 saturated carbocycles. The first-order valence-corrected chi connectivity index (χ1v) is 4.59. The van der Waals surface area contributed by atoms with Crippen molar-refractivity contribution in [1.82, 2.24) is 0 Å². The third kappa shape index (κ3) is 2.10. The number of aliphatic carboxylic acids is 1. The van der Waals surface area contributed by atoms with Gasteiger partial charge < -0.3 is 10.2 Å². The number of aryl methyl sites for hydroxylation is 1. The van der Waals surface area contributed by atoms with E-state index in [2.05, 4.69) is 15.9 Å². The van der Waals surface area contributed by atoms with Gasteiger partial charge in [-0.15, -0.1) is 0 Å². The summed E-state index contributed by atoms with van der Waals surface area (Å²) < 4.78 is 13.2. The van der Waals surface area contributed by atoms with Gasteiger partial charge in [0.1, 0.15) is 5.82 Å². The Morgan fingerprint density at radius 2 is 2.14 bits per heavy atom. The summed E-state index contributed by atoms with van der Waals surface area (Å²) >= 11 is 2.94. The highest BCUT2D eigenvalue weighted by atomic mass is 79.9. The Bertz CT molecular complexity index is 355. The molecule has 76 valence electrons. The second kappa shape index (κ2) is 4.06. The van der Waals surface area contributed by atoms with Crippen LogP contribution in [-0.2, 0) is 4.79 Å². The Kier molecular flexibility index (Phi) is 3.23. The lowest BCUT2D eigenvalue weighted by Crippen LogP contribution is -2.11. The maximum Gasteiger partial charge on any atom is 0.337 e. The highest BCUT2D eigenvalue weighted by Gasteiger charge is 2.18. The number of aliphatic hydroxyl groups is 1. The SMILES string of the molecule is Cc1cc(C(O)C(=O)O)cc(Br)c1F. The predicted molar refractivity (Wildman–Crippen MR) is 51.4 cm³/mol. The van der Waals surface area contributed by atoms with Gasteiger partial charge in [-0.3, -0.25) is 0 Å². The van der Waals surface area contributed by atoms with E-state index >= 15 is 0 Å². The number of benzene rings is 1. The normalized spacial score (nSPS) is 12.6. The number of hydrogen-bond donors (Lipinski definition) is 2. The molecule has 0 bridgehead atoms. The lowest BCUT2D eigenvalue weighted by molar-refractivity contribution is -0.146. The second-order valence-corrected chi connectivity index (χ2v) is 3.73. The summed E-state index contributed by atoms with van der Waals surface area (Å²) in [5.41, 5.74) is 0.443. The standard InChI is InChI=1S/C9H8BrFO3/c1-4-2-5(8(12)9(13)14)3-6(10)7(4)11/h2-3,8,12H,1H3,(H,13,14). The molecule has 0 spiro atoms. The van der Waals surface area contributed by atoms with Gasteiger partial charge in [-0.25, -0.2) is 9.18 Å². The van der Waals surface area contributed by atoms with Gasteiger partial charge in [0, 0.05) is 0 Å². The Morgan fingerprint density at radius 3 is 2.57 bits per heavy atom. The van der Waals surface area contributed by atoms with Crippen molar-refractivity contribution in [3.63, 3.8) is 0 Å². The minimum absolute atomic E-state index is 0.146. The molecule has 0 aliphatic carbocycles. The van der Waals surface area contributed by atoms with Gasteiger partial charge >= 0.3 is 5.97 Å². The summed E-state index contributed by atoms with van der Waals surface area (Å²) in [7, 11) is 0. The van der Waals surface area contributed by atoms with Gasteiger partial charge in [-0.1, -0.05) is 0 Å². The minimum atomic E-state index is -1.62. The molecule has 14 heavy (non-hydrogen) atoms. The van der Waals surface area contributed by atoms with Crippen LogP contribution in [0.3, 0.4) is 0 Å². The number of halogens is 2. The van der Waals surface area contributed by atoms with Gasteiger partial charge in [0.25, 0.3) is 0 Å². The maximum absolute atomic E-state index is 13.1. The summed E-state index contributed by atoms with van der Waals surface area (Å²) in [6.07, 6.45) is -1.62. The smallest absolute Gasteiger partial charge is 0.337 e. The first kappa shape index (κ1) is 11.1. The van der Waals surface area contributed by atoms with Gasteiger partial charge in [0.15, 0.2) is 6.10 Å². The summed E-state index contributed by atoms with van der Waals surface area (Å²) in [5, 5.41) is 17.7. The zero-order valence-corrected chi connectivity index (χ0v) is 8.88. The average molecular weight is 263 g/mol. The molecule has 1 atom stereocenters. The average Bonchev–Trinajstić information content (AvgIpc) is 2.12. The molecule has 1 aromatic carbocycles. The molecule has 0 aliphatic heterocycles. The van der Waals surface area contributed by atoms with Gasteiger partial charge in [0.2, 0.25) is 0 Å². The van der Waals surface area contributed by atoms with Crippen molar-refractivity contribution >= 4 is 21.9 Å². The zero-order valence-electron chi connectivity index (χ0n) is 7.29. The molecule has 0 amide bonds. The second-order valence-electron chi connectivity index (χ2n) is 2.87. The van der Waals surface area contributed by atoms with Crippen LogP contribution in [0.5, 0.6) is 0 Å². The number of carbonyl (C=O) groups is 1. The van der Waals surface area contributed by atoms with E-state index < -0.39 is 17.9 Å². The lowest BCUT2D eigenvalue weighted by atomic mass is 10.1. The number of rotatable bonds is 2. The van der Waals surface area contributed by atoms with Gasteiger partial charge in [-0.05, 0) is 46.1 Å². The first-order valence-electron chi connectivity index (χ1n) is 3.80. The van der Waals surface area contributed by atoms with Crippen LogP contribution in [0.4, 0.5) is 4.39 Å². The van der Waals surface area contributed by atoms with Crippen LogP contribution in [0, 0.1) is 12.7 Å². The monoisotopic (exact) mass is 262 g/mol. The van der Waals surface area contributed by atoms with E-state index in [4.69, 9.17) is 5.11 Å². The molecule has 0 aromatic heterocycles. The quantitative estimate of drug-likeness (QED) is 0.858. The Morgan fingerprint density at radius 1 is 1.57 bits per heavy atom. The van der Waals surface area contributed by atoms with Crippen LogP contribution in [0.25, 0.3) is 0 Å². The summed E-state index contributed by atoms with van der Waals surface area (Å²) in [5.74, 6) is -1.81. The molecule has 1 rings (SSSR count). The largest absolute Gasteiger partial charge is 0.479 e. The van der Waals surface area contributed by atoms with Crippen LogP contribution in [0.2, 0.25) is 0 Å². The van der Waals surface area contributed by atoms with E-state index in [1.54, 1.807) is 0 Å². The molecule has 0 fully saturated rings. The van der Waals surface area contributed by atoms with Crippen LogP contribution < -0.4 is 0 Å². The molecule has 1 aromatic rings. The molecule has 0 aliphatic rings. The van der Waals surface area contributed by atoms with Crippen molar-refractivity contribution in [1.29, 1.82) is 0 Å². The Balaban J connectivity index is 3.19. The molecule has 5 heteroatoms. The van der Waals surface area contributed by atoms with Crippen molar-refractivity contribution in [2.24, 2.45) is 0 Å². The molecular weight excluding hydrogens is 255 g/mol. The van der Waals surface area contributed by atoms with E-state index in [0.29, 0.717) is 0 Å². The first-order chi connectivity index (χ1) is 6.43. The summed E-state index contributed by atoms with van der Waals surface area (Å²) in [4.78, 5) is 10.4. The fraction of sp³-hybridized carbons (Fsp3) is 0.222. The Labute approximate surface area is 88.3 Å². The summed E-state index contributed by atoms with van der Waals surface area (Å²) in [6, 6.07) is 2.56. The minimum Gasteiger partial charge on any atom is -0.479 e. The van der Waals surface area contributed by atoms with Gasteiger partial charge in [0.05, 0.1) is 4.47 Å². The third-order valence-electron chi connectivity index (χ3n) is 1.78. The lowest BCUT2D eigenvalue weighted by Gasteiger charge is -2.08. The zero-order chi connectivity index (χ0) is 10.9. The molecular formula is C9H8BrFO3. The molecule has 0 radical (unpaired) electrons. The fourth-order valence-corrected chi connectivity index (χ4v) is 1.63. The van der Waals surface area contributed by atoms with Crippen molar-refractivity contribution in [3.8, 4) is 0 Å². The topological polar surface area (TPSA) is 57.5 Å². The molecule has 3 nitrogen and oxygen atoms in total. The van der Waals surface area contributed by atoms with E-state index in [1.807, 2.05) is 0 Å². The Hall–Kier alpha value is -0.940. The van der Waals surface area contributed by atoms with E-state index in [9.17, 15) is 14.3 Å². The van der Waals surface area contributed by atoms with Crippen LogP contribution in [0.1, 0.15) is 17.2 Å². The third-order valence-corrected chi connectivity index (χ3v) is 2.36. The summed E-state index contributed by atoms with van der Waals surface area (Å²) in [6.45, 7) is 1.50. The molecule has 2 N–H and O–H groups in total. The van der Waals surface area contributed by atoms with E-state index in [0.717, 1.165) is 0 Å². The highest BCUT2D eigenvalue weighted by molar-refractivity contribution is 9.10. The number of hydrogen-bond acceptors (Lipinski definition) is 2. The number of carboxylic acid groups (broad SMARTS) is 1. The van der Waals surface area contributed by atoms with Gasteiger partial charge in [-0.2, -0.15) is 0 Å². The molecule has 0 heterocycles. The van der Waals surface area contributed by atoms with Crippen molar-refractivity contribution in [3.05, 3.63) is 33.5 Å². The van der Waals surface area contributed by atoms with Crippen LogP contribution in [-0.4, -0.2) is 16.2 Å². The highest BCUT2D eigenvalue weighted by Crippen LogP contribution is 2.24. The fourth-order valence-electron chi connectivity index (χ4n) is 1.05. The number of aliphatic hydroxyl groups excluding tert-OH is 1. The van der Waals surface area contributed by atoms with Crippen LogP contribution >= 0.6 is 15.9 Å². The number of carboxylic acids is 1. The molecule has 0 saturated heterocycles. The van der Waals surface area contributed by atoms with Crippen molar-refractivity contribution in [2.75, 3.05) is 0 Å². The maximum atomic E-state index is 13.1. The van der Waals surface area contributed by atoms with Crippen molar-refractivity contribution in [2.45, 2.75) is 13.0 Å². The van der Waals surface area contributed by atoms with E-state index in [1.165, 1.54) is 19.1 Å². The predicted octanol–water partition coefficient (Wildman–Crippen LogP) is 2.01. The van der Waals surface area contributed by atoms with Crippen LogP contribution in [0.15, 0.2) is 16.6 Å². The van der Waals surface area contributed by atoms with Crippen molar-refractivity contribution < 1.29 is 19.4 Å². The van der Waals surface area contributed by atoms with E-state index in [-0.39, 0.29) is 15.6 Å².